The Hall–Kier alpha value is -0.240. The summed E-state index contributed by atoms with van der Waals surface area (Å²) in [6.45, 7) is 3.26. The van der Waals surface area contributed by atoms with E-state index in [1.807, 2.05) is 13.8 Å². The Morgan fingerprint density at radius 3 is 2.27 bits per heavy atom. The molecule has 6 heteroatoms. The fourth-order valence-corrected chi connectivity index (χ4v) is 1.66. The number of ether oxygens (including phenoxy) is 1. The van der Waals surface area contributed by atoms with Crippen molar-refractivity contribution in [2.75, 3.05) is 6.61 Å². The maximum atomic E-state index is 9.69. The zero-order valence-electron chi connectivity index (χ0n) is 8.87. The fraction of sp³-hybridized carbons (Fsp3) is 1.00. The van der Waals surface area contributed by atoms with E-state index >= 15 is 0 Å². The minimum absolute atomic E-state index is 0.0424. The van der Waals surface area contributed by atoms with Gasteiger partial charge >= 0.3 is 0 Å². The van der Waals surface area contributed by atoms with Crippen LogP contribution in [0.5, 0.6) is 0 Å². The Bertz CT molecular complexity index is 201. The van der Waals surface area contributed by atoms with Gasteiger partial charge in [0.15, 0.2) is 6.29 Å². The molecule has 0 bridgehead atoms. The minimum Gasteiger partial charge on any atom is -0.394 e. The number of hydrogen-bond acceptors (Lipinski definition) is 6. The first-order chi connectivity index (χ1) is 6.97. The lowest BCUT2D eigenvalue weighted by Gasteiger charge is -2.41. The molecule has 1 aliphatic rings. The van der Waals surface area contributed by atoms with Gasteiger partial charge in [-0.15, -0.1) is 0 Å². The summed E-state index contributed by atoms with van der Waals surface area (Å²) in [6, 6.07) is -0.705. The monoisotopic (exact) mass is 221 g/mol. The van der Waals surface area contributed by atoms with E-state index in [0.717, 1.165) is 0 Å². The van der Waals surface area contributed by atoms with Gasteiger partial charge in [0.05, 0.1) is 12.6 Å². The molecule has 15 heavy (non-hydrogen) atoms. The zero-order valence-corrected chi connectivity index (χ0v) is 8.87. The summed E-state index contributed by atoms with van der Waals surface area (Å²) < 4.78 is 4.96. The summed E-state index contributed by atoms with van der Waals surface area (Å²) >= 11 is 0. The first kappa shape index (κ1) is 12.8. The van der Waals surface area contributed by atoms with Gasteiger partial charge in [0, 0.05) is 6.04 Å². The number of aliphatic hydroxyl groups excluding tert-OH is 4. The predicted octanol–water partition coefficient (Wildman–Crippen LogP) is -2.22. The number of aliphatic hydroxyl groups is 4. The van der Waals surface area contributed by atoms with Crippen LogP contribution in [0.1, 0.15) is 13.8 Å². The quantitative estimate of drug-likeness (QED) is 0.370. The van der Waals surface area contributed by atoms with E-state index < -0.39 is 37.3 Å². The predicted molar refractivity (Wildman–Crippen MR) is 52.0 cm³/mol. The van der Waals surface area contributed by atoms with Crippen LogP contribution >= 0.6 is 0 Å². The van der Waals surface area contributed by atoms with Crippen LogP contribution < -0.4 is 5.32 Å². The molecule has 0 aliphatic carbocycles. The average molecular weight is 221 g/mol. The standard InChI is InChI=1S/C9H19NO5/c1-4(2)10-6-8(13)7(12)5(3-11)15-9(6)14/h4-14H,3H2,1-2H3/t5-,6-,7-,8-,9+/m1/s1. The number of rotatable bonds is 3. The van der Waals surface area contributed by atoms with Crippen LogP contribution in [0.15, 0.2) is 0 Å². The van der Waals surface area contributed by atoms with Crippen LogP contribution in [0.4, 0.5) is 0 Å². The van der Waals surface area contributed by atoms with Crippen molar-refractivity contribution in [1.29, 1.82) is 0 Å². The molecule has 0 aromatic carbocycles. The lowest BCUT2D eigenvalue weighted by atomic mass is 9.96. The molecular weight excluding hydrogens is 202 g/mol. The third kappa shape index (κ3) is 2.87. The van der Waals surface area contributed by atoms with Crippen molar-refractivity contribution in [3.63, 3.8) is 0 Å². The van der Waals surface area contributed by atoms with Crippen LogP contribution in [0.25, 0.3) is 0 Å². The molecule has 1 heterocycles. The van der Waals surface area contributed by atoms with E-state index in [2.05, 4.69) is 5.32 Å². The van der Waals surface area contributed by atoms with E-state index in [0.29, 0.717) is 0 Å². The SMILES string of the molecule is CC(C)N[C@@H]1[C@@H](O)[C@H](O)[C@@H](CO)O[C@@H]1O. The molecule has 0 unspecified atom stereocenters. The second-order valence-electron chi connectivity index (χ2n) is 4.08. The molecule has 6 nitrogen and oxygen atoms in total. The Morgan fingerprint density at radius 2 is 1.80 bits per heavy atom. The van der Waals surface area contributed by atoms with E-state index in [-0.39, 0.29) is 6.04 Å². The Labute approximate surface area is 88.5 Å². The van der Waals surface area contributed by atoms with E-state index in [1.165, 1.54) is 0 Å². The Morgan fingerprint density at radius 1 is 1.20 bits per heavy atom. The van der Waals surface area contributed by atoms with Gasteiger partial charge in [-0.3, -0.25) is 0 Å². The van der Waals surface area contributed by atoms with E-state index in [4.69, 9.17) is 9.84 Å². The molecule has 0 saturated carbocycles. The van der Waals surface area contributed by atoms with E-state index in [1.54, 1.807) is 0 Å². The molecule has 0 radical (unpaired) electrons. The second kappa shape index (κ2) is 5.20. The topological polar surface area (TPSA) is 102 Å². The van der Waals surface area contributed by atoms with Crippen LogP contribution in [0.3, 0.4) is 0 Å². The van der Waals surface area contributed by atoms with Crippen molar-refractivity contribution in [3.05, 3.63) is 0 Å². The van der Waals surface area contributed by atoms with Gasteiger partial charge in [-0.25, -0.2) is 0 Å². The first-order valence-electron chi connectivity index (χ1n) is 5.04. The van der Waals surface area contributed by atoms with Crippen molar-refractivity contribution < 1.29 is 25.2 Å². The molecule has 0 aromatic rings. The van der Waals surface area contributed by atoms with Gasteiger partial charge in [-0.05, 0) is 0 Å². The summed E-state index contributed by atoms with van der Waals surface area (Å²) in [5.41, 5.74) is 0. The third-order valence-electron chi connectivity index (χ3n) is 2.43. The van der Waals surface area contributed by atoms with Crippen molar-refractivity contribution in [1.82, 2.24) is 5.32 Å². The van der Waals surface area contributed by atoms with Gasteiger partial charge in [0.1, 0.15) is 18.3 Å². The lowest BCUT2D eigenvalue weighted by Crippen LogP contribution is -2.64. The molecule has 1 aliphatic heterocycles. The summed E-state index contributed by atoms with van der Waals surface area (Å²) in [5.74, 6) is 0. The highest BCUT2D eigenvalue weighted by Gasteiger charge is 2.43. The van der Waals surface area contributed by atoms with Crippen molar-refractivity contribution >= 4 is 0 Å². The third-order valence-corrected chi connectivity index (χ3v) is 2.43. The van der Waals surface area contributed by atoms with Crippen LogP contribution in [-0.4, -0.2) is 63.7 Å². The highest BCUT2D eigenvalue weighted by Crippen LogP contribution is 2.19. The number of nitrogens with one attached hydrogen (secondary N) is 1. The summed E-state index contributed by atoms with van der Waals surface area (Å²) in [6.07, 6.45) is -4.54. The fourth-order valence-electron chi connectivity index (χ4n) is 1.66. The Balaban J connectivity index is 2.66. The first-order valence-corrected chi connectivity index (χ1v) is 5.04. The molecule has 0 amide bonds. The summed E-state index contributed by atoms with van der Waals surface area (Å²) in [7, 11) is 0. The molecule has 1 saturated heterocycles. The van der Waals surface area contributed by atoms with Gasteiger partial charge < -0.3 is 30.5 Å². The van der Waals surface area contributed by atoms with Crippen molar-refractivity contribution in [2.45, 2.75) is 50.5 Å². The molecule has 90 valence electrons. The summed E-state index contributed by atoms with van der Waals surface area (Å²) in [5, 5.41) is 40.5. The minimum atomic E-state index is -1.23. The highest BCUT2D eigenvalue weighted by molar-refractivity contribution is 4.93. The molecule has 5 atom stereocenters. The van der Waals surface area contributed by atoms with Crippen molar-refractivity contribution in [3.8, 4) is 0 Å². The van der Waals surface area contributed by atoms with Gasteiger partial charge in [0.2, 0.25) is 0 Å². The second-order valence-corrected chi connectivity index (χ2v) is 4.08. The van der Waals surface area contributed by atoms with Gasteiger partial charge in [-0.2, -0.15) is 0 Å². The normalized spacial score (nSPS) is 42.2. The highest BCUT2D eigenvalue weighted by atomic mass is 16.6. The molecule has 1 fully saturated rings. The number of hydrogen-bond donors (Lipinski definition) is 5. The largest absolute Gasteiger partial charge is 0.394 e. The molecule has 0 spiro atoms. The van der Waals surface area contributed by atoms with Crippen LogP contribution in [0.2, 0.25) is 0 Å². The molecule has 1 rings (SSSR count). The maximum absolute atomic E-state index is 9.69. The van der Waals surface area contributed by atoms with Gasteiger partial charge in [0.25, 0.3) is 0 Å². The Kier molecular flexibility index (Phi) is 4.45. The lowest BCUT2D eigenvalue weighted by molar-refractivity contribution is -0.255. The molecular formula is C9H19NO5. The zero-order chi connectivity index (χ0) is 11.6. The van der Waals surface area contributed by atoms with Gasteiger partial charge in [-0.1, -0.05) is 13.8 Å². The molecule has 0 aromatic heterocycles. The summed E-state index contributed by atoms with van der Waals surface area (Å²) in [4.78, 5) is 0. The smallest absolute Gasteiger partial charge is 0.173 e. The van der Waals surface area contributed by atoms with E-state index in [9.17, 15) is 15.3 Å². The average Bonchev–Trinajstić information content (AvgIpc) is 2.18. The van der Waals surface area contributed by atoms with Crippen LogP contribution in [0, 0.1) is 0 Å². The van der Waals surface area contributed by atoms with Crippen molar-refractivity contribution in [2.24, 2.45) is 0 Å². The van der Waals surface area contributed by atoms with Crippen LogP contribution in [-0.2, 0) is 4.74 Å². The maximum Gasteiger partial charge on any atom is 0.173 e. The molecule has 5 N–H and O–H groups in total.